The Balaban J connectivity index is 1.16. The molecule has 8 rings (SSSR count). The van der Waals surface area contributed by atoms with E-state index in [1.807, 2.05) is 18.2 Å². The number of nitrogens with zero attached hydrogens (tertiary/aromatic N) is 1. The molecule has 1 aromatic heterocycles. The van der Waals surface area contributed by atoms with Gasteiger partial charge in [-0.05, 0) is 112 Å². The van der Waals surface area contributed by atoms with Gasteiger partial charge >= 0.3 is 0 Å². The summed E-state index contributed by atoms with van der Waals surface area (Å²) >= 11 is 0. The Hall–Kier alpha value is -6.00. The van der Waals surface area contributed by atoms with Gasteiger partial charge in [-0.2, -0.15) is 0 Å². The van der Waals surface area contributed by atoms with Crippen molar-refractivity contribution in [1.29, 1.82) is 0 Å². The third-order valence-electron chi connectivity index (χ3n) is 8.44. The first-order chi connectivity index (χ1) is 22.6. The van der Waals surface area contributed by atoms with Crippen LogP contribution in [-0.2, 0) is 0 Å². The number of rotatable bonds is 6. The van der Waals surface area contributed by atoms with Crippen molar-refractivity contribution < 1.29 is 13.2 Å². The van der Waals surface area contributed by atoms with Gasteiger partial charge in [-0.1, -0.05) is 84.9 Å². The van der Waals surface area contributed by atoms with Crippen molar-refractivity contribution in [2.45, 2.75) is 0 Å². The topological polar surface area (TPSA) is 16.4 Å². The van der Waals surface area contributed by atoms with Gasteiger partial charge in [-0.15, -0.1) is 0 Å². The van der Waals surface area contributed by atoms with Crippen molar-refractivity contribution in [3.8, 4) is 33.4 Å². The highest BCUT2D eigenvalue weighted by atomic mass is 19.1. The molecule has 0 aliphatic carbocycles. The van der Waals surface area contributed by atoms with Gasteiger partial charge in [-0.25, -0.2) is 8.78 Å². The summed E-state index contributed by atoms with van der Waals surface area (Å²) in [5, 5.41) is 2.22. The van der Waals surface area contributed by atoms with E-state index in [2.05, 4.69) is 102 Å². The fourth-order valence-electron chi connectivity index (χ4n) is 6.05. The van der Waals surface area contributed by atoms with E-state index in [0.717, 1.165) is 72.4 Å². The molecule has 0 spiro atoms. The number of anilines is 3. The largest absolute Gasteiger partial charge is 0.456 e. The fraction of sp³-hybridized carbons (Fsp3) is 0. The Kier molecular flexibility index (Phi) is 6.88. The summed E-state index contributed by atoms with van der Waals surface area (Å²) in [6, 6.07) is 52.6. The maximum absolute atomic E-state index is 13.5. The minimum Gasteiger partial charge on any atom is -0.456 e. The summed E-state index contributed by atoms with van der Waals surface area (Å²) in [6.45, 7) is 0. The van der Waals surface area contributed by atoms with Crippen LogP contribution in [0.3, 0.4) is 0 Å². The van der Waals surface area contributed by atoms with Crippen LogP contribution in [0.1, 0.15) is 0 Å². The van der Waals surface area contributed by atoms with Crippen molar-refractivity contribution in [1.82, 2.24) is 0 Å². The highest BCUT2D eigenvalue weighted by Gasteiger charge is 2.15. The number of halogens is 2. The monoisotopic (exact) mass is 599 g/mol. The van der Waals surface area contributed by atoms with Gasteiger partial charge in [0.05, 0.1) is 0 Å². The van der Waals surface area contributed by atoms with E-state index in [0.29, 0.717) is 0 Å². The first-order valence-corrected chi connectivity index (χ1v) is 15.1. The van der Waals surface area contributed by atoms with E-state index >= 15 is 0 Å². The Bertz CT molecular complexity index is 2200. The maximum Gasteiger partial charge on any atom is 0.136 e. The Morgan fingerprint density at radius 2 is 0.717 bits per heavy atom. The van der Waals surface area contributed by atoms with Crippen LogP contribution < -0.4 is 4.90 Å². The summed E-state index contributed by atoms with van der Waals surface area (Å²) in [4.78, 5) is 2.20. The molecule has 0 aliphatic rings. The quantitative estimate of drug-likeness (QED) is 0.189. The van der Waals surface area contributed by atoms with E-state index in [4.69, 9.17) is 4.42 Å². The van der Waals surface area contributed by atoms with Crippen molar-refractivity contribution in [3.05, 3.63) is 175 Å². The Morgan fingerprint density at radius 3 is 1.20 bits per heavy atom. The van der Waals surface area contributed by atoms with Gasteiger partial charge < -0.3 is 9.32 Å². The van der Waals surface area contributed by atoms with Gasteiger partial charge in [0.15, 0.2) is 0 Å². The average molecular weight is 600 g/mol. The van der Waals surface area contributed by atoms with E-state index in [-0.39, 0.29) is 11.6 Å². The van der Waals surface area contributed by atoms with Crippen LogP contribution in [0.25, 0.3) is 55.3 Å². The third kappa shape index (κ3) is 5.20. The Labute approximate surface area is 265 Å². The number of fused-ring (bicyclic) bond motifs is 3. The number of para-hydroxylation sites is 1. The van der Waals surface area contributed by atoms with Crippen LogP contribution in [0.5, 0.6) is 0 Å². The first-order valence-electron chi connectivity index (χ1n) is 15.1. The van der Waals surface area contributed by atoms with Crippen LogP contribution in [0.15, 0.2) is 168 Å². The molecule has 0 atom stereocenters. The molecule has 220 valence electrons. The maximum atomic E-state index is 13.5. The van der Waals surface area contributed by atoms with Crippen molar-refractivity contribution >= 4 is 39.0 Å². The van der Waals surface area contributed by atoms with Crippen molar-refractivity contribution in [2.75, 3.05) is 4.90 Å². The minimum absolute atomic E-state index is 0.253. The smallest absolute Gasteiger partial charge is 0.136 e. The molecule has 7 aromatic carbocycles. The molecule has 0 amide bonds. The lowest BCUT2D eigenvalue weighted by atomic mass is 10.0. The summed E-state index contributed by atoms with van der Waals surface area (Å²) in [5.41, 5.74) is 10.8. The summed E-state index contributed by atoms with van der Waals surface area (Å²) in [6.07, 6.45) is 0. The van der Waals surface area contributed by atoms with Gasteiger partial charge in [0.2, 0.25) is 0 Å². The lowest BCUT2D eigenvalue weighted by molar-refractivity contribution is 0.627. The lowest BCUT2D eigenvalue weighted by Crippen LogP contribution is -2.09. The molecule has 0 saturated carbocycles. The molecule has 4 heteroatoms. The van der Waals surface area contributed by atoms with Crippen LogP contribution in [0.2, 0.25) is 0 Å². The minimum atomic E-state index is -0.253. The molecule has 0 unspecified atom stereocenters. The van der Waals surface area contributed by atoms with E-state index < -0.39 is 0 Å². The van der Waals surface area contributed by atoms with Crippen molar-refractivity contribution in [3.63, 3.8) is 0 Å². The van der Waals surface area contributed by atoms with Crippen LogP contribution in [-0.4, -0.2) is 0 Å². The van der Waals surface area contributed by atoms with Crippen LogP contribution in [0, 0.1) is 11.6 Å². The second-order valence-corrected chi connectivity index (χ2v) is 11.3. The van der Waals surface area contributed by atoms with Crippen LogP contribution in [0.4, 0.5) is 25.8 Å². The van der Waals surface area contributed by atoms with E-state index in [9.17, 15) is 8.78 Å². The summed E-state index contributed by atoms with van der Waals surface area (Å²) in [7, 11) is 0. The lowest BCUT2D eigenvalue weighted by Gasteiger charge is -2.26. The molecule has 8 aromatic rings. The molecule has 46 heavy (non-hydrogen) atoms. The zero-order valence-electron chi connectivity index (χ0n) is 24.7. The SMILES string of the molecule is Fc1ccc(-c2ccc(N(c3ccc(-c4ccc(F)cc4)cc3)c3ccc(-c4ccc5c(c4)oc4ccccc45)cc3)cc2)cc1. The highest BCUT2D eigenvalue weighted by molar-refractivity contribution is 6.05. The number of hydrogen-bond donors (Lipinski definition) is 0. The van der Waals surface area contributed by atoms with E-state index in [1.54, 1.807) is 24.3 Å². The van der Waals surface area contributed by atoms with E-state index in [1.165, 1.54) is 24.3 Å². The Morgan fingerprint density at radius 1 is 0.348 bits per heavy atom. The molecule has 1 heterocycles. The number of furan rings is 1. The predicted molar refractivity (Wildman–Crippen MR) is 185 cm³/mol. The first kappa shape index (κ1) is 27.5. The summed E-state index contributed by atoms with van der Waals surface area (Å²) < 4.78 is 33.2. The number of hydrogen-bond acceptors (Lipinski definition) is 2. The fourth-order valence-corrected chi connectivity index (χ4v) is 6.05. The summed E-state index contributed by atoms with van der Waals surface area (Å²) in [5.74, 6) is -0.506. The molecule has 0 aliphatic heterocycles. The standard InChI is InChI=1S/C42H27F2NO/c43-34-16-5-28(6-17-34)30-9-20-36(21-10-30)45(37-22-11-31(12-23-37)29-7-18-35(44)19-8-29)38-24-13-32(14-25-38)33-15-26-40-39-3-1-2-4-41(39)46-42(40)27-33/h1-27H. The van der Waals surface area contributed by atoms with Gasteiger partial charge in [0, 0.05) is 27.8 Å². The van der Waals surface area contributed by atoms with Gasteiger partial charge in [0.1, 0.15) is 22.8 Å². The van der Waals surface area contributed by atoms with Gasteiger partial charge in [-0.3, -0.25) is 0 Å². The molecule has 2 nitrogen and oxygen atoms in total. The average Bonchev–Trinajstić information content (AvgIpc) is 3.48. The predicted octanol–water partition coefficient (Wildman–Crippen LogP) is 12.3. The van der Waals surface area contributed by atoms with Gasteiger partial charge in [0.25, 0.3) is 0 Å². The molecule has 0 radical (unpaired) electrons. The number of benzene rings is 7. The molecular weight excluding hydrogens is 572 g/mol. The molecule has 0 saturated heterocycles. The van der Waals surface area contributed by atoms with Crippen LogP contribution >= 0.6 is 0 Å². The molecular formula is C42H27F2NO. The highest BCUT2D eigenvalue weighted by Crippen LogP contribution is 2.38. The second kappa shape index (κ2) is 11.5. The zero-order valence-corrected chi connectivity index (χ0v) is 24.7. The molecule has 0 bridgehead atoms. The molecule has 0 fully saturated rings. The third-order valence-corrected chi connectivity index (χ3v) is 8.44. The second-order valence-electron chi connectivity index (χ2n) is 11.3. The zero-order chi connectivity index (χ0) is 31.0. The molecule has 0 N–H and O–H groups in total. The normalized spacial score (nSPS) is 11.3. The van der Waals surface area contributed by atoms with Crippen molar-refractivity contribution in [2.24, 2.45) is 0 Å².